The molecule has 5 heteroatoms. The number of nitriles is 1. The van der Waals surface area contributed by atoms with Gasteiger partial charge in [0.05, 0.1) is 0 Å². The van der Waals surface area contributed by atoms with E-state index in [9.17, 15) is 0 Å². The summed E-state index contributed by atoms with van der Waals surface area (Å²) in [7, 11) is 0. The Bertz CT molecular complexity index is 321. The molecule has 0 saturated carbocycles. The van der Waals surface area contributed by atoms with Gasteiger partial charge in [0.1, 0.15) is 4.32 Å². The smallest absolute Gasteiger partial charge is 0.182 e. The van der Waals surface area contributed by atoms with E-state index in [0.717, 1.165) is 5.75 Å². The Labute approximate surface area is 136 Å². The molecule has 0 spiro atoms. The Morgan fingerprint density at radius 2 is 2.07 bits per heavy atom. The number of hydrogen-bond donors (Lipinski definition) is 1. The van der Waals surface area contributed by atoms with Gasteiger partial charge >= 0.3 is 0 Å². The molecule has 0 aliphatic carbocycles. The van der Waals surface area contributed by atoms with Crippen LogP contribution in [0.3, 0.4) is 0 Å². The maximum atomic E-state index is 8.27. The van der Waals surface area contributed by atoms with Crippen LogP contribution in [-0.2, 0) is 5.75 Å². The van der Waals surface area contributed by atoms with Crippen molar-refractivity contribution in [3.63, 3.8) is 0 Å². The molecule has 1 N–H and O–H groups in total. The molecule has 0 atom stereocenters. The van der Waals surface area contributed by atoms with Crippen molar-refractivity contribution in [3.8, 4) is 6.19 Å². The van der Waals surface area contributed by atoms with Gasteiger partial charge < -0.3 is 0 Å². The first-order valence-electron chi connectivity index (χ1n) is 3.68. The minimum atomic E-state index is 0. The first-order chi connectivity index (χ1) is 6.33. The topological polar surface area (TPSA) is 35.8 Å². The van der Waals surface area contributed by atoms with Crippen LogP contribution in [0.4, 0.5) is 0 Å². The zero-order chi connectivity index (χ0) is 9.52. The van der Waals surface area contributed by atoms with Gasteiger partial charge in [-0.3, -0.25) is 5.32 Å². The van der Waals surface area contributed by atoms with Crippen molar-refractivity contribution in [2.45, 2.75) is 5.75 Å². The molecule has 0 unspecified atom stereocenters. The van der Waals surface area contributed by atoms with Gasteiger partial charge in [-0.1, -0.05) is 54.3 Å². The van der Waals surface area contributed by atoms with Crippen LogP contribution in [0.25, 0.3) is 0 Å². The molecule has 1 aromatic rings. The Morgan fingerprint density at radius 1 is 1.43 bits per heavy atom. The van der Waals surface area contributed by atoms with Gasteiger partial charge in [-0.15, -0.1) is 0 Å². The molecular weight excluding hydrogens is 239 g/mol. The number of benzene rings is 1. The number of nitrogens with zero attached hydrogens (tertiary/aromatic N) is 1. The van der Waals surface area contributed by atoms with E-state index in [4.69, 9.17) is 17.5 Å². The molecule has 1 aromatic carbocycles. The van der Waals surface area contributed by atoms with E-state index in [0.29, 0.717) is 4.32 Å². The van der Waals surface area contributed by atoms with Crippen LogP contribution in [0.15, 0.2) is 30.3 Å². The summed E-state index contributed by atoms with van der Waals surface area (Å²) in [6.45, 7) is 0. The number of thiocarbonyl (C=S) groups is 1. The Hall–Kier alpha value is 0.586. The van der Waals surface area contributed by atoms with E-state index in [1.54, 1.807) is 6.19 Å². The normalized spacial score (nSPS) is 8.21. The molecular formula is C9H8KN2S2. The van der Waals surface area contributed by atoms with Crippen LogP contribution in [0.1, 0.15) is 5.56 Å². The van der Waals surface area contributed by atoms with Crippen molar-refractivity contribution in [2.75, 3.05) is 0 Å². The molecule has 0 aliphatic heterocycles. The van der Waals surface area contributed by atoms with Crippen LogP contribution < -0.4 is 5.32 Å². The fourth-order valence-corrected chi connectivity index (χ4v) is 1.64. The second-order valence-corrected chi connectivity index (χ2v) is 3.95. The molecule has 0 aromatic heterocycles. The summed E-state index contributed by atoms with van der Waals surface area (Å²) < 4.78 is 0.520. The summed E-state index contributed by atoms with van der Waals surface area (Å²) in [4.78, 5) is 0. The summed E-state index contributed by atoms with van der Waals surface area (Å²) in [5.74, 6) is 0.800. The van der Waals surface area contributed by atoms with Gasteiger partial charge in [-0.2, -0.15) is 5.26 Å². The Balaban J connectivity index is 0.00000169. The van der Waals surface area contributed by atoms with Crippen LogP contribution in [0.5, 0.6) is 0 Å². The Kier molecular flexibility index (Phi) is 9.23. The van der Waals surface area contributed by atoms with Crippen LogP contribution in [-0.4, -0.2) is 55.7 Å². The number of thioether (sulfide) groups is 1. The molecule has 0 aliphatic rings. The van der Waals surface area contributed by atoms with E-state index >= 15 is 0 Å². The largest absolute Gasteiger partial charge is 0.278 e. The van der Waals surface area contributed by atoms with Gasteiger partial charge in [0, 0.05) is 57.1 Å². The predicted molar refractivity (Wildman–Crippen MR) is 64.8 cm³/mol. The zero-order valence-electron chi connectivity index (χ0n) is 7.86. The molecule has 0 heterocycles. The number of hydrogen-bond acceptors (Lipinski definition) is 3. The molecule has 0 amide bonds. The predicted octanol–water partition coefficient (Wildman–Crippen LogP) is 1.89. The van der Waals surface area contributed by atoms with E-state index in [-0.39, 0.29) is 51.4 Å². The average molecular weight is 247 g/mol. The van der Waals surface area contributed by atoms with E-state index in [1.807, 2.05) is 30.3 Å². The van der Waals surface area contributed by atoms with Crippen molar-refractivity contribution in [2.24, 2.45) is 0 Å². The molecule has 0 saturated heterocycles. The van der Waals surface area contributed by atoms with Gasteiger partial charge in [0.25, 0.3) is 0 Å². The molecule has 0 fully saturated rings. The van der Waals surface area contributed by atoms with Crippen LogP contribution in [0.2, 0.25) is 0 Å². The second kappa shape index (κ2) is 8.86. The van der Waals surface area contributed by atoms with Gasteiger partial charge in [0.15, 0.2) is 6.19 Å². The van der Waals surface area contributed by atoms with E-state index < -0.39 is 0 Å². The third kappa shape index (κ3) is 6.14. The molecule has 1 rings (SSSR count). The van der Waals surface area contributed by atoms with E-state index in [1.165, 1.54) is 17.3 Å². The number of rotatable bonds is 2. The standard InChI is InChI=1S/C9H8N2S2.K/c10-7-11-9(12)13-6-8-4-2-1-3-5-8;/h1-5H,6H2,(H,11,12);. The SMILES string of the molecule is N#CNC(=S)SCc1ccccc1.[K]. The maximum Gasteiger partial charge on any atom is 0.182 e. The molecule has 67 valence electrons. The van der Waals surface area contributed by atoms with Crippen molar-refractivity contribution in [3.05, 3.63) is 35.9 Å². The van der Waals surface area contributed by atoms with Crippen LogP contribution >= 0.6 is 24.0 Å². The Morgan fingerprint density at radius 3 is 2.64 bits per heavy atom. The summed E-state index contributed by atoms with van der Waals surface area (Å²) >= 11 is 6.33. The number of nitrogens with one attached hydrogen (secondary N) is 1. The average Bonchev–Trinajstić information content (AvgIpc) is 2.17. The minimum Gasteiger partial charge on any atom is -0.278 e. The fourth-order valence-electron chi connectivity index (χ4n) is 0.805. The first-order valence-corrected chi connectivity index (χ1v) is 5.08. The minimum absolute atomic E-state index is 0. The van der Waals surface area contributed by atoms with Crippen molar-refractivity contribution in [1.29, 1.82) is 5.26 Å². The molecule has 2 nitrogen and oxygen atoms in total. The van der Waals surface area contributed by atoms with Crippen molar-refractivity contribution in [1.82, 2.24) is 5.32 Å². The molecule has 1 radical (unpaired) electrons. The zero-order valence-corrected chi connectivity index (χ0v) is 12.6. The van der Waals surface area contributed by atoms with E-state index in [2.05, 4.69) is 5.32 Å². The quantitative estimate of drug-likeness (QED) is 0.375. The first kappa shape index (κ1) is 14.6. The van der Waals surface area contributed by atoms with Gasteiger partial charge in [-0.05, 0) is 5.56 Å². The summed E-state index contributed by atoms with van der Waals surface area (Å²) in [6, 6.07) is 10.00. The fraction of sp³-hybridized carbons (Fsp3) is 0.111. The summed E-state index contributed by atoms with van der Waals surface area (Å²) in [6.07, 6.45) is 1.79. The maximum absolute atomic E-state index is 8.27. The van der Waals surface area contributed by atoms with Gasteiger partial charge in [0.2, 0.25) is 0 Å². The second-order valence-electron chi connectivity index (χ2n) is 2.30. The monoisotopic (exact) mass is 247 g/mol. The third-order valence-corrected chi connectivity index (χ3v) is 2.67. The molecule has 14 heavy (non-hydrogen) atoms. The van der Waals surface area contributed by atoms with Crippen LogP contribution in [0, 0.1) is 11.5 Å². The summed E-state index contributed by atoms with van der Waals surface area (Å²) in [5.41, 5.74) is 1.20. The molecule has 0 bridgehead atoms. The van der Waals surface area contributed by atoms with Gasteiger partial charge in [-0.25, -0.2) is 0 Å². The summed E-state index contributed by atoms with van der Waals surface area (Å²) in [5, 5.41) is 10.7. The van der Waals surface area contributed by atoms with Crippen molar-refractivity contribution >= 4 is 79.7 Å². The third-order valence-electron chi connectivity index (χ3n) is 1.37. The van der Waals surface area contributed by atoms with Crippen molar-refractivity contribution < 1.29 is 0 Å².